The van der Waals surface area contributed by atoms with Crippen molar-refractivity contribution in [3.05, 3.63) is 42.0 Å². The lowest BCUT2D eigenvalue weighted by atomic mass is 9.64. The van der Waals surface area contributed by atoms with Crippen LogP contribution in [-0.2, 0) is 20.2 Å². The molecule has 0 saturated heterocycles. The minimum absolute atomic E-state index is 0.0490. The first-order valence-electron chi connectivity index (χ1n) is 12.4. The van der Waals surface area contributed by atoms with E-state index < -0.39 is 21.3 Å². The molecule has 6 rings (SSSR count). The monoisotopic (exact) mass is 525 g/mol. The number of carbonyl (C=O) groups is 1. The summed E-state index contributed by atoms with van der Waals surface area (Å²) in [5.74, 6) is -0.348. The normalized spacial score (nSPS) is 18.2. The molecule has 2 saturated carbocycles. The molecular formula is C26H28FN5O4S. The fourth-order valence-corrected chi connectivity index (χ4v) is 5.94. The molecule has 1 aliphatic heterocycles. The van der Waals surface area contributed by atoms with Gasteiger partial charge in [-0.05, 0) is 37.8 Å². The topological polar surface area (TPSA) is 114 Å². The Morgan fingerprint density at radius 3 is 2.65 bits per heavy atom. The summed E-state index contributed by atoms with van der Waals surface area (Å²) < 4.78 is 47.6. The number of likely N-dealkylation sites (N-methyl/N-ethyl adjacent to an activating group) is 1. The number of halogens is 1. The lowest BCUT2D eigenvalue weighted by Crippen LogP contribution is -2.43. The predicted octanol–water partition coefficient (Wildman–Crippen LogP) is 3.34. The van der Waals surface area contributed by atoms with Crippen molar-refractivity contribution in [2.75, 3.05) is 36.1 Å². The van der Waals surface area contributed by atoms with Gasteiger partial charge in [-0.3, -0.25) is 14.5 Å². The van der Waals surface area contributed by atoms with E-state index in [9.17, 15) is 13.2 Å². The van der Waals surface area contributed by atoms with Crippen LogP contribution in [-0.4, -0.2) is 56.8 Å². The first kappa shape index (κ1) is 24.1. The van der Waals surface area contributed by atoms with Gasteiger partial charge in [0.2, 0.25) is 21.8 Å². The van der Waals surface area contributed by atoms with Gasteiger partial charge in [-0.2, -0.15) is 0 Å². The first-order valence-corrected chi connectivity index (χ1v) is 14.3. The maximum Gasteiger partial charge on any atom is 0.238 e. The van der Waals surface area contributed by atoms with Crippen LogP contribution < -0.4 is 19.7 Å². The predicted molar refractivity (Wildman–Crippen MR) is 139 cm³/mol. The van der Waals surface area contributed by atoms with Gasteiger partial charge in [0.25, 0.3) is 0 Å². The molecule has 2 N–H and O–H groups in total. The van der Waals surface area contributed by atoms with Crippen molar-refractivity contribution >= 4 is 38.2 Å². The number of nitrogens with one attached hydrogen (secondary N) is 2. The maximum atomic E-state index is 15.4. The third-order valence-electron chi connectivity index (χ3n) is 7.51. The number of fused-ring (bicyclic) bond motifs is 4. The molecule has 0 atom stereocenters. The Bertz CT molecular complexity index is 1540. The average molecular weight is 526 g/mol. The molecule has 0 unspecified atom stereocenters. The Kier molecular flexibility index (Phi) is 5.61. The van der Waals surface area contributed by atoms with E-state index in [0.717, 1.165) is 55.0 Å². The maximum absolute atomic E-state index is 15.4. The van der Waals surface area contributed by atoms with E-state index in [0.29, 0.717) is 30.3 Å². The van der Waals surface area contributed by atoms with Crippen LogP contribution in [0.1, 0.15) is 37.7 Å². The zero-order chi connectivity index (χ0) is 25.9. The zero-order valence-electron chi connectivity index (χ0n) is 20.7. The van der Waals surface area contributed by atoms with Gasteiger partial charge in [-0.1, -0.05) is 6.42 Å². The third-order valence-corrected chi connectivity index (χ3v) is 8.10. The molecule has 2 fully saturated rings. The van der Waals surface area contributed by atoms with E-state index in [-0.39, 0.29) is 23.0 Å². The summed E-state index contributed by atoms with van der Waals surface area (Å²) in [6.45, 7) is 0.922. The molecular weight excluding hydrogens is 497 g/mol. The molecule has 3 heterocycles. The van der Waals surface area contributed by atoms with Crippen LogP contribution >= 0.6 is 0 Å². The van der Waals surface area contributed by atoms with Crippen molar-refractivity contribution in [3.8, 4) is 17.0 Å². The number of hydrogen-bond acceptors (Lipinski definition) is 7. The zero-order valence-corrected chi connectivity index (χ0v) is 21.5. The SMILES string of the molecule is CN1C(=O)C2(CCC2)c2c1cnc1cc(F)c(-c3cnc(OCCNC4CC4)c(NS(C)(=O)=O)c3)cc21. The molecule has 1 spiro atoms. The van der Waals surface area contributed by atoms with Gasteiger partial charge in [0.1, 0.15) is 18.1 Å². The number of ether oxygens (including phenoxy) is 1. The van der Waals surface area contributed by atoms with Crippen molar-refractivity contribution in [1.82, 2.24) is 15.3 Å². The average Bonchev–Trinajstić information content (AvgIpc) is 3.61. The highest BCUT2D eigenvalue weighted by Crippen LogP contribution is 2.55. The van der Waals surface area contributed by atoms with Gasteiger partial charge in [0, 0.05) is 54.0 Å². The fraction of sp³-hybridized carbons (Fsp3) is 0.423. The molecule has 1 amide bonds. The molecule has 1 aromatic carbocycles. The number of carbonyl (C=O) groups excluding carboxylic acids is 1. The number of sulfonamides is 1. The Morgan fingerprint density at radius 2 is 1.97 bits per heavy atom. The molecule has 0 bridgehead atoms. The molecule has 11 heteroatoms. The lowest BCUT2D eigenvalue weighted by Gasteiger charge is -2.37. The third kappa shape index (κ3) is 4.19. The van der Waals surface area contributed by atoms with Crippen LogP contribution in [0.3, 0.4) is 0 Å². The largest absolute Gasteiger partial charge is 0.475 e. The van der Waals surface area contributed by atoms with Gasteiger partial charge < -0.3 is 15.0 Å². The van der Waals surface area contributed by atoms with Gasteiger partial charge in [-0.15, -0.1) is 0 Å². The van der Waals surface area contributed by atoms with E-state index >= 15 is 4.39 Å². The smallest absolute Gasteiger partial charge is 0.238 e. The minimum atomic E-state index is -3.64. The van der Waals surface area contributed by atoms with Gasteiger partial charge in [-0.25, -0.2) is 17.8 Å². The van der Waals surface area contributed by atoms with Crippen molar-refractivity contribution < 1.29 is 22.3 Å². The number of amides is 1. The number of hydrogen-bond donors (Lipinski definition) is 2. The van der Waals surface area contributed by atoms with Gasteiger partial charge in [0.15, 0.2) is 0 Å². The summed E-state index contributed by atoms with van der Waals surface area (Å²) >= 11 is 0. The molecule has 0 radical (unpaired) electrons. The van der Waals surface area contributed by atoms with Crippen molar-refractivity contribution in [3.63, 3.8) is 0 Å². The highest BCUT2D eigenvalue weighted by Gasteiger charge is 2.54. The Hall–Kier alpha value is -3.31. The van der Waals surface area contributed by atoms with Crippen LogP contribution in [0.4, 0.5) is 15.8 Å². The van der Waals surface area contributed by atoms with E-state index in [4.69, 9.17) is 4.74 Å². The van der Waals surface area contributed by atoms with Gasteiger partial charge >= 0.3 is 0 Å². The van der Waals surface area contributed by atoms with Crippen LogP contribution in [0.2, 0.25) is 0 Å². The number of nitrogens with zero attached hydrogens (tertiary/aromatic N) is 3. The van der Waals surface area contributed by atoms with Crippen molar-refractivity contribution in [1.29, 1.82) is 0 Å². The van der Waals surface area contributed by atoms with E-state index in [1.165, 1.54) is 18.3 Å². The molecule has 2 aromatic heterocycles. The molecule has 9 nitrogen and oxygen atoms in total. The Morgan fingerprint density at radius 1 is 1.19 bits per heavy atom. The standard InChI is InChI=1S/C26H28FN5O4S/c1-32-22-14-29-20-12-19(27)17(11-18(20)23(22)26(25(32)33)6-3-7-26)15-10-21(31-37(2,34)35)24(30-13-15)36-9-8-28-16-4-5-16/h10-14,16,28,31H,3-9H2,1-2H3. The number of aromatic nitrogens is 2. The number of pyridine rings is 2. The van der Waals surface area contributed by atoms with Crippen molar-refractivity contribution in [2.24, 2.45) is 0 Å². The Labute approximate surface area is 214 Å². The molecule has 37 heavy (non-hydrogen) atoms. The fourth-order valence-electron chi connectivity index (χ4n) is 5.40. The quantitative estimate of drug-likeness (QED) is 0.434. The van der Waals surface area contributed by atoms with E-state index in [2.05, 4.69) is 20.0 Å². The number of rotatable bonds is 8. The lowest BCUT2D eigenvalue weighted by molar-refractivity contribution is -0.125. The van der Waals surface area contributed by atoms with Crippen LogP contribution in [0, 0.1) is 5.82 Å². The minimum Gasteiger partial charge on any atom is -0.475 e. The van der Waals surface area contributed by atoms with Crippen LogP contribution in [0.15, 0.2) is 30.6 Å². The Balaban J connectivity index is 1.41. The van der Waals surface area contributed by atoms with E-state index in [1.807, 2.05) is 0 Å². The van der Waals surface area contributed by atoms with Crippen LogP contribution in [0.5, 0.6) is 5.88 Å². The highest BCUT2D eigenvalue weighted by molar-refractivity contribution is 7.92. The van der Waals surface area contributed by atoms with E-state index in [1.54, 1.807) is 24.2 Å². The second kappa shape index (κ2) is 8.63. The molecule has 3 aromatic rings. The second-order valence-electron chi connectivity index (χ2n) is 10.2. The summed E-state index contributed by atoms with van der Waals surface area (Å²) in [6.07, 6.45) is 8.90. The highest BCUT2D eigenvalue weighted by atomic mass is 32.2. The summed E-state index contributed by atoms with van der Waals surface area (Å²) in [4.78, 5) is 23.5. The summed E-state index contributed by atoms with van der Waals surface area (Å²) in [5.41, 5.74) is 2.28. The summed E-state index contributed by atoms with van der Waals surface area (Å²) in [7, 11) is -1.89. The summed E-state index contributed by atoms with van der Waals surface area (Å²) in [5, 5.41) is 4.04. The molecule has 194 valence electrons. The van der Waals surface area contributed by atoms with Crippen molar-refractivity contribution in [2.45, 2.75) is 43.6 Å². The van der Waals surface area contributed by atoms with Gasteiger partial charge in [0.05, 0.1) is 29.1 Å². The van der Waals surface area contributed by atoms with Crippen LogP contribution in [0.25, 0.3) is 22.0 Å². The molecule has 2 aliphatic carbocycles. The molecule has 3 aliphatic rings. The summed E-state index contributed by atoms with van der Waals surface area (Å²) in [6, 6.07) is 5.10. The number of benzene rings is 1. The first-order chi connectivity index (χ1) is 17.7. The number of anilines is 2. The second-order valence-corrected chi connectivity index (χ2v) is 11.9.